The second-order valence-electron chi connectivity index (χ2n) is 8.70. The minimum atomic E-state index is -0.404. The molecule has 1 saturated heterocycles. The molecule has 2 aliphatic heterocycles. The molecule has 2 atom stereocenters. The van der Waals surface area contributed by atoms with Crippen LogP contribution >= 0.6 is 11.6 Å². The summed E-state index contributed by atoms with van der Waals surface area (Å²) in [5.74, 6) is 0.553. The first kappa shape index (κ1) is 20.8. The van der Waals surface area contributed by atoms with Crippen LogP contribution in [0.1, 0.15) is 29.2 Å². The summed E-state index contributed by atoms with van der Waals surface area (Å²) in [6, 6.07) is 8.59. The van der Waals surface area contributed by atoms with Gasteiger partial charge in [0.15, 0.2) is 6.61 Å². The van der Waals surface area contributed by atoms with Crippen molar-refractivity contribution in [1.29, 1.82) is 0 Å². The highest BCUT2D eigenvalue weighted by atomic mass is 35.5. The van der Waals surface area contributed by atoms with Gasteiger partial charge in [-0.25, -0.2) is 4.79 Å². The van der Waals surface area contributed by atoms with Crippen molar-refractivity contribution in [1.82, 2.24) is 9.47 Å². The average molecular weight is 455 g/mol. The molecule has 4 heterocycles. The Morgan fingerprint density at radius 2 is 1.97 bits per heavy atom. The van der Waals surface area contributed by atoms with Gasteiger partial charge in [0.05, 0.1) is 5.02 Å². The summed E-state index contributed by atoms with van der Waals surface area (Å²) in [5.41, 5.74) is 2.32. The molecule has 2 bridgehead atoms. The Morgan fingerprint density at radius 3 is 2.78 bits per heavy atom. The van der Waals surface area contributed by atoms with Crippen molar-refractivity contribution in [3.05, 3.63) is 72.9 Å². The van der Waals surface area contributed by atoms with Gasteiger partial charge in [0, 0.05) is 54.3 Å². The zero-order valence-corrected chi connectivity index (χ0v) is 18.6. The maximum absolute atomic E-state index is 12.9. The fourth-order valence-corrected chi connectivity index (χ4v) is 5.10. The highest BCUT2D eigenvalue weighted by molar-refractivity contribution is 6.32. The van der Waals surface area contributed by atoms with Crippen molar-refractivity contribution in [2.24, 2.45) is 5.92 Å². The van der Waals surface area contributed by atoms with Crippen LogP contribution in [0.15, 0.2) is 44.3 Å². The molecule has 8 heteroatoms. The number of piperidine rings is 1. The maximum atomic E-state index is 12.9. The molecule has 32 heavy (non-hydrogen) atoms. The monoisotopic (exact) mass is 454 g/mol. The number of amides is 1. The number of aryl methyl sites for hydroxylation is 1. The molecule has 2 aliphatic rings. The van der Waals surface area contributed by atoms with Gasteiger partial charge >= 0.3 is 5.63 Å². The van der Waals surface area contributed by atoms with Gasteiger partial charge in [-0.05, 0) is 43.9 Å². The number of ether oxygens (including phenoxy) is 1. The third kappa shape index (κ3) is 3.50. The second kappa shape index (κ2) is 7.81. The summed E-state index contributed by atoms with van der Waals surface area (Å²) in [4.78, 5) is 38.9. The van der Waals surface area contributed by atoms with E-state index in [1.165, 1.54) is 0 Å². The third-order valence-corrected chi connectivity index (χ3v) is 6.99. The van der Waals surface area contributed by atoms with Crippen LogP contribution in [-0.4, -0.2) is 35.1 Å². The van der Waals surface area contributed by atoms with E-state index >= 15 is 0 Å². The summed E-state index contributed by atoms with van der Waals surface area (Å²) >= 11 is 6.38. The highest BCUT2D eigenvalue weighted by Gasteiger charge is 2.36. The number of pyridine rings is 1. The summed E-state index contributed by atoms with van der Waals surface area (Å²) in [6.07, 6.45) is 0.975. The molecule has 0 spiro atoms. The van der Waals surface area contributed by atoms with Crippen molar-refractivity contribution in [3.63, 3.8) is 0 Å². The summed E-state index contributed by atoms with van der Waals surface area (Å²) in [5, 5.41) is 1.09. The Hall–Kier alpha value is -3.06. The molecule has 7 nitrogen and oxygen atoms in total. The van der Waals surface area contributed by atoms with Crippen molar-refractivity contribution in [2.75, 3.05) is 19.7 Å². The van der Waals surface area contributed by atoms with Gasteiger partial charge in [-0.15, -0.1) is 0 Å². The lowest BCUT2D eigenvalue weighted by molar-refractivity contribution is -0.136. The third-order valence-electron chi connectivity index (χ3n) is 6.69. The van der Waals surface area contributed by atoms with E-state index < -0.39 is 5.63 Å². The molecule has 2 aromatic heterocycles. The van der Waals surface area contributed by atoms with Gasteiger partial charge in [-0.1, -0.05) is 17.7 Å². The highest BCUT2D eigenvalue weighted by Crippen LogP contribution is 2.35. The number of nitrogens with zero attached hydrogens (tertiary/aromatic N) is 2. The lowest BCUT2D eigenvalue weighted by atomic mass is 9.83. The van der Waals surface area contributed by atoms with Crippen LogP contribution in [0.5, 0.6) is 5.75 Å². The molecule has 1 fully saturated rings. The zero-order valence-electron chi connectivity index (χ0n) is 17.9. The fourth-order valence-electron chi connectivity index (χ4n) is 4.89. The maximum Gasteiger partial charge on any atom is 0.339 e. The van der Waals surface area contributed by atoms with Crippen molar-refractivity contribution >= 4 is 28.5 Å². The Bertz CT molecular complexity index is 1360. The van der Waals surface area contributed by atoms with E-state index in [4.69, 9.17) is 20.8 Å². The van der Waals surface area contributed by atoms with Crippen LogP contribution in [-0.2, 0) is 11.3 Å². The SMILES string of the molecule is Cc1c(C)c2cc(Cl)c(OCC(=O)N3C[C@@H]4C[C@@H](C3)c3cccc(=O)n3C4)cc2oc1=O. The molecule has 0 unspecified atom stereocenters. The Labute approximate surface area is 189 Å². The van der Waals surface area contributed by atoms with Crippen LogP contribution in [0.25, 0.3) is 11.0 Å². The Morgan fingerprint density at radius 1 is 1.16 bits per heavy atom. The molecule has 0 saturated carbocycles. The molecule has 0 N–H and O–H groups in total. The molecule has 0 aliphatic carbocycles. The van der Waals surface area contributed by atoms with Crippen LogP contribution in [0, 0.1) is 19.8 Å². The van der Waals surface area contributed by atoms with Crippen molar-refractivity contribution in [2.45, 2.75) is 32.7 Å². The number of benzene rings is 1. The number of carbonyl (C=O) groups excluding carboxylic acids is 1. The second-order valence-corrected chi connectivity index (χ2v) is 9.11. The van der Waals surface area contributed by atoms with Crippen LogP contribution in [0.3, 0.4) is 0 Å². The molecule has 5 rings (SSSR count). The molecule has 166 valence electrons. The molecular weight excluding hydrogens is 432 g/mol. The van der Waals surface area contributed by atoms with Gasteiger partial charge < -0.3 is 18.6 Å². The quantitative estimate of drug-likeness (QED) is 0.567. The molecular formula is C24H23ClN2O5. The number of carbonyl (C=O) groups is 1. The number of aromatic nitrogens is 1. The van der Waals surface area contributed by atoms with E-state index in [0.717, 1.165) is 23.1 Å². The number of hydrogen-bond acceptors (Lipinski definition) is 5. The zero-order chi connectivity index (χ0) is 22.6. The van der Waals surface area contributed by atoms with Gasteiger partial charge in [0.25, 0.3) is 11.5 Å². The first-order chi connectivity index (χ1) is 15.3. The van der Waals surface area contributed by atoms with Gasteiger partial charge in [0.2, 0.25) is 0 Å². The average Bonchev–Trinajstić information content (AvgIpc) is 2.77. The first-order valence-corrected chi connectivity index (χ1v) is 11.0. The van der Waals surface area contributed by atoms with E-state index in [1.807, 2.05) is 22.5 Å². The number of rotatable bonds is 3. The molecule has 1 amide bonds. The van der Waals surface area contributed by atoms with Crippen LogP contribution < -0.4 is 15.9 Å². The minimum Gasteiger partial charge on any atom is -0.482 e. The Balaban J connectivity index is 1.33. The first-order valence-electron chi connectivity index (χ1n) is 10.7. The Kier molecular flexibility index (Phi) is 5.08. The van der Waals surface area contributed by atoms with Crippen LogP contribution in [0.4, 0.5) is 0 Å². The van der Waals surface area contributed by atoms with E-state index in [0.29, 0.717) is 41.6 Å². The van der Waals surface area contributed by atoms with E-state index in [-0.39, 0.29) is 29.9 Å². The van der Waals surface area contributed by atoms with Crippen LogP contribution in [0.2, 0.25) is 5.02 Å². The van der Waals surface area contributed by atoms with Gasteiger partial charge in [0.1, 0.15) is 11.3 Å². The van der Waals surface area contributed by atoms with E-state index in [9.17, 15) is 14.4 Å². The normalized spacial score (nSPS) is 19.7. The number of likely N-dealkylation sites (tertiary alicyclic amines) is 1. The largest absolute Gasteiger partial charge is 0.482 e. The predicted molar refractivity (Wildman–Crippen MR) is 121 cm³/mol. The lowest BCUT2D eigenvalue weighted by Crippen LogP contribution is -2.50. The van der Waals surface area contributed by atoms with Crippen molar-refractivity contribution < 1.29 is 13.9 Å². The van der Waals surface area contributed by atoms with Gasteiger partial charge in [-0.3, -0.25) is 9.59 Å². The topological polar surface area (TPSA) is 81.8 Å². The predicted octanol–water partition coefficient (Wildman–Crippen LogP) is 3.25. The summed E-state index contributed by atoms with van der Waals surface area (Å²) < 4.78 is 12.9. The molecule has 3 aromatic rings. The number of fused-ring (bicyclic) bond motifs is 5. The summed E-state index contributed by atoms with van der Waals surface area (Å²) in [6.45, 7) is 5.17. The molecule has 0 radical (unpaired) electrons. The molecule has 1 aromatic carbocycles. The number of hydrogen-bond donors (Lipinski definition) is 0. The van der Waals surface area contributed by atoms with Crippen molar-refractivity contribution in [3.8, 4) is 5.75 Å². The standard InChI is InChI=1S/C24H23ClN2O5/c1-13-14(2)24(30)32-20-8-21(18(25)7-17(13)20)31-12-23(29)26-9-15-6-16(11-26)19-4-3-5-22(28)27(19)10-15/h3-5,7-8,15-16H,6,9-12H2,1-2H3/t15-,16-/m0/s1. The van der Waals surface area contributed by atoms with E-state index in [2.05, 4.69) is 0 Å². The summed E-state index contributed by atoms with van der Waals surface area (Å²) in [7, 11) is 0. The smallest absolute Gasteiger partial charge is 0.339 e. The van der Waals surface area contributed by atoms with Gasteiger partial charge in [-0.2, -0.15) is 0 Å². The fraction of sp³-hybridized carbons (Fsp3) is 0.375. The number of halogens is 1. The lowest BCUT2D eigenvalue weighted by Gasteiger charge is -2.42. The minimum absolute atomic E-state index is 0.0170. The van der Waals surface area contributed by atoms with E-state index in [1.54, 1.807) is 31.2 Å².